The highest BCUT2D eigenvalue weighted by Gasteiger charge is 2.07. The van der Waals surface area contributed by atoms with Crippen LogP contribution in [-0.2, 0) is 6.54 Å². The van der Waals surface area contributed by atoms with Gasteiger partial charge in [-0.25, -0.2) is 0 Å². The van der Waals surface area contributed by atoms with Crippen molar-refractivity contribution in [2.75, 3.05) is 6.54 Å². The molecule has 0 unspecified atom stereocenters. The Balaban J connectivity index is 2.42. The minimum atomic E-state index is 0.527. The SMILES string of the molecule is C#CCCNCc1ccn(C(CC)CC)n1. The van der Waals surface area contributed by atoms with Crippen LogP contribution in [0, 0.1) is 12.3 Å². The molecule has 0 saturated carbocycles. The average Bonchev–Trinajstić information content (AvgIpc) is 2.75. The molecule has 0 bridgehead atoms. The summed E-state index contributed by atoms with van der Waals surface area (Å²) in [5.41, 5.74) is 1.09. The van der Waals surface area contributed by atoms with Gasteiger partial charge in [-0.2, -0.15) is 5.10 Å². The van der Waals surface area contributed by atoms with E-state index in [1.807, 2.05) is 0 Å². The lowest BCUT2D eigenvalue weighted by Gasteiger charge is -2.12. The smallest absolute Gasteiger partial charge is 0.0762 e. The zero-order chi connectivity index (χ0) is 11.8. The minimum Gasteiger partial charge on any atom is -0.310 e. The van der Waals surface area contributed by atoms with E-state index in [1.54, 1.807) is 0 Å². The average molecular weight is 219 g/mol. The van der Waals surface area contributed by atoms with Crippen LogP contribution in [0.4, 0.5) is 0 Å². The van der Waals surface area contributed by atoms with Gasteiger partial charge in [0.1, 0.15) is 0 Å². The molecular weight excluding hydrogens is 198 g/mol. The number of rotatable bonds is 7. The molecule has 1 rings (SSSR count). The Kier molecular flexibility index (Phi) is 5.66. The predicted molar refractivity (Wildman–Crippen MR) is 67.0 cm³/mol. The first-order valence-corrected chi connectivity index (χ1v) is 6.00. The normalized spacial score (nSPS) is 10.6. The number of nitrogens with zero attached hydrogens (tertiary/aromatic N) is 2. The molecule has 1 heterocycles. The second-order valence-corrected chi connectivity index (χ2v) is 3.89. The molecule has 0 atom stereocenters. The van der Waals surface area contributed by atoms with E-state index in [0.717, 1.165) is 38.0 Å². The van der Waals surface area contributed by atoms with Crippen molar-refractivity contribution in [1.29, 1.82) is 0 Å². The standard InChI is InChI=1S/C13H21N3/c1-4-7-9-14-11-12-8-10-16(15-12)13(5-2)6-3/h1,8,10,13-14H,5-7,9,11H2,2-3H3. The van der Waals surface area contributed by atoms with Gasteiger partial charge in [-0.05, 0) is 18.9 Å². The van der Waals surface area contributed by atoms with Gasteiger partial charge < -0.3 is 5.32 Å². The van der Waals surface area contributed by atoms with Crippen LogP contribution < -0.4 is 5.32 Å². The zero-order valence-electron chi connectivity index (χ0n) is 10.2. The lowest BCUT2D eigenvalue weighted by molar-refractivity contribution is 0.424. The third-order valence-corrected chi connectivity index (χ3v) is 2.73. The Hall–Kier alpha value is -1.27. The molecule has 88 valence electrons. The van der Waals surface area contributed by atoms with Crippen LogP contribution in [0.15, 0.2) is 12.3 Å². The van der Waals surface area contributed by atoms with Crippen molar-refractivity contribution in [3.8, 4) is 12.3 Å². The van der Waals surface area contributed by atoms with Crippen LogP contribution in [0.25, 0.3) is 0 Å². The molecule has 1 N–H and O–H groups in total. The van der Waals surface area contributed by atoms with E-state index >= 15 is 0 Å². The zero-order valence-corrected chi connectivity index (χ0v) is 10.2. The van der Waals surface area contributed by atoms with Gasteiger partial charge in [0, 0.05) is 25.7 Å². The summed E-state index contributed by atoms with van der Waals surface area (Å²) in [6.07, 6.45) is 10.3. The summed E-state index contributed by atoms with van der Waals surface area (Å²) in [6.45, 7) is 6.05. The molecule has 0 aromatic carbocycles. The van der Waals surface area contributed by atoms with Crippen molar-refractivity contribution in [3.63, 3.8) is 0 Å². The highest BCUT2D eigenvalue weighted by molar-refractivity contribution is 4.99. The number of terminal acetylenes is 1. The molecule has 0 saturated heterocycles. The Labute approximate surface area is 98.2 Å². The molecule has 1 aromatic rings. The van der Waals surface area contributed by atoms with E-state index < -0.39 is 0 Å². The molecule has 0 fully saturated rings. The van der Waals surface area contributed by atoms with E-state index in [9.17, 15) is 0 Å². The molecule has 0 amide bonds. The first-order valence-electron chi connectivity index (χ1n) is 6.00. The molecule has 0 aliphatic heterocycles. The molecule has 0 aliphatic carbocycles. The van der Waals surface area contributed by atoms with Gasteiger partial charge in [0.25, 0.3) is 0 Å². The van der Waals surface area contributed by atoms with Gasteiger partial charge >= 0.3 is 0 Å². The number of nitrogens with one attached hydrogen (secondary N) is 1. The summed E-state index contributed by atoms with van der Waals surface area (Å²) < 4.78 is 2.07. The minimum absolute atomic E-state index is 0.527. The van der Waals surface area contributed by atoms with Gasteiger partial charge in [-0.15, -0.1) is 12.3 Å². The summed E-state index contributed by atoms with van der Waals surface area (Å²) in [6, 6.07) is 2.60. The Bertz CT molecular complexity index is 331. The highest BCUT2D eigenvalue weighted by Crippen LogP contribution is 2.14. The Morgan fingerprint density at radius 2 is 2.25 bits per heavy atom. The molecule has 3 heteroatoms. The number of hydrogen-bond acceptors (Lipinski definition) is 2. The van der Waals surface area contributed by atoms with Crippen molar-refractivity contribution in [2.24, 2.45) is 0 Å². The van der Waals surface area contributed by atoms with E-state index in [-0.39, 0.29) is 0 Å². The maximum Gasteiger partial charge on any atom is 0.0762 e. The summed E-state index contributed by atoms with van der Waals surface area (Å²) in [5.74, 6) is 2.61. The summed E-state index contributed by atoms with van der Waals surface area (Å²) in [4.78, 5) is 0. The van der Waals surface area contributed by atoms with Crippen molar-refractivity contribution >= 4 is 0 Å². The van der Waals surface area contributed by atoms with Crippen molar-refractivity contribution in [2.45, 2.75) is 45.7 Å². The first kappa shape index (κ1) is 12.8. The first-order chi connectivity index (χ1) is 7.81. The fourth-order valence-electron chi connectivity index (χ4n) is 1.71. The van der Waals surface area contributed by atoms with Crippen molar-refractivity contribution in [3.05, 3.63) is 18.0 Å². The van der Waals surface area contributed by atoms with Crippen molar-refractivity contribution < 1.29 is 0 Å². The summed E-state index contributed by atoms with van der Waals surface area (Å²) in [7, 11) is 0. The van der Waals surface area contributed by atoms with E-state index in [4.69, 9.17) is 6.42 Å². The molecule has 0 spiro atoms. The van der Waals surface area contributed by atoms with Crippen LogP contribution in [0.1, 0.15) is 44.8 Å². The van der Waals surface area contributed by atoms with Gasteiger partial charge in [-0.3, -0.25) is 4.68 Å². The highest BCUT2D eigenvalue weighted by atomic mass is 15.3. The molecule has 0 radical (unpaired) electrons. The van der Waals surface area contributed by atoms with Crippen LogP contribution >= 0.6 is 0 Å². The molecule has 1 aromatic heterocycles. The third-order valence-electron chi connectivity index (χ3n) is 2.73. The fraction of sp³-hybridized carbons (Fsp3) is 0.615. The maximum absolute atomic E-state index is 5.18. The topological polar surface area (TPSA) is 29.9 Å². The van der Waals surface area contributed by atoms with E-state index in [2.05, 4.69) is 47.1 Å². The lowest BCUT2D eigenvalue weighted by Crippen LogP contribution is -2.15. The van der Waals surface area contributed by atoms with Crippen LogP contribution in [0.5, 0.6) is 0 Å². The predicted octanol–water partition coefficient (Wildman–Crippen LogP) is 2.36. The monoisotopic (exact) mass is 219 g/mol. The molecule has 0 aliphatic rings. The number of hydrogen-bond donors (Lipinski definition) is 1. The largest absolute Gasteiger partial charge is 0.310 e. The van der Waals surface area contributed by atoms with Crippen LogP contribution in [-0.4, -0.2) is 16.3 Å². The maximum atomic E-state index is 5.18. The number of aromatic nitrogens is 2. The second kappa shape index (κ2) is 7.08. The van der Waals surface area contributed by atoms with Crippen LogP contribution in [0.3, 0.4) is 0 Å². The van der Waals surface area contributed by atoms with Crippen LogP contribution in [0.2, 0.25) is 0 Å². The summed E-state index contributed by atoms with van der Waals surface area (Å²) >= 11 is 0. The van der Waals surface area contributed by atoms with Gasteiger partial charge in [-0.1, -0.05) is 13.8 Å². The van der Waals surface area contributed by atoms with E-state index in [0.29, 0.717) is 6.04 Å². The van der Waals surface area contributed by atoms with E-state index in [1.165, 1.54) is 0 Å². The van der Waals surface area contributed by atoms with Gasteiger partial charge in [0.05, 0.1) is 11.7 Å². The molecule has 16 heavy (non-hydrogen) atoms. The molecule has 3 nitrogen and oxygen atoms in total. The van der Waals surface area contributed by atoms with Gasteiger partial charge in [0.2, 0.25) is 0 Å². The Morgan fingerprint density at radius 1 is 1.50 bits per heavy atom. The lowest BCUT2D eigenvalue weighted by atomic mass is 10.2. The second-order valence-electron chi connectivity index (χ2n) is 3.89. The van der Waals surface area contributed by atoms with Gasteiger partial charge in [0.15, 0.2) is 0 Å². The Morgan fingerprint density at radius 3 is 2.88 bits per heavy atom. The fourth-order valence-corrected chi connectivity index (χ4v) is 1.71. The van der Waals surface area contributed by atoms with Crippen molar-refractivity contribution in [1.82, 2.24) is 15.1 Å². The molecular formula is C13H21N3. The quantitative estimate of drug-likeness (QED) is 0.563. The third kappa shape index (κ3) is 3.71. The summed E-state index contributed by atoms with van der Waals surface area (Å²) in [5, 5.41) is 7.82.